The monoisotopic (exact) mass is 823 g/mol. The van der Waals surface area contributed by atoms with Crippen molar-refractivity contribution < 1.29 is 48.2 Å². The second-order valence-corrected chi connectivity index (χ2v) is 20.1. The number of phosphoric acid groups is 1. The van der Waals surface area contributed by atoms with Crippen LogP contribution in [-0.4, -0.2) is 63.8 Å². The van der Waals surface area contributed by atoms with E-state index >= 15 is 0 Å². The molecule has 5 aliphatic rings. The number of aliphatic hydroxyl groups excluding tert-OH is 2. The predicted octanol–water partition coefficient (Wildman–Crippen LogP) is 7.38. The number of hydrogen-bond acceptors (Lipinski definition) is 9. The first-order valence-electron chi connectivity index (χ1n) is 21.5. The van der Waals surface area contributed by atoms with Gasteiger partial charge < -0.3 is 24.8 Å². The number of rotatable bonds is 15. The molecule has 10 atom stereocenters. The first-order chi connectivity index (χ1) is 27.3. The molecule has 0 saturated heterocycles. The highest BCUT2D eigenvalue weighted by Gasteiger charge is 2.67. The van der Waals surface area contributed by atoms with Crippen molar-refractivity contribution in [2.45, 2.75) is 117 Å². The number of ketones is 2. The fraction of sp³-hybridized carbons (Fsp3) is 0.674. The Balaban J connectivity index is 1.26. The van der Waals surface area contributed by atoms with Crippen molar-refractivity contribution in [1.29, 1.82) is 0 Å². The van der Waals surface area contributed by atoms with E-state index in [9.17, 15) is 38.9 Å². The maximum atomic E-state index is 14.8. The van der Waals surface area contributed by atoms with Crippen molar-refractivity contribution in [1.82, 2.24) is 5.32 Å². The number of aryl methyl sites for hydroxylation is 1. The molecule has 0 aliphatic heterocycles. The summed E-state index contributed by atoms with van der Waals surface area (Å²) < 4.78 is 22.4. The Labute approximate surface area is 344 Å². The SMILES string of the molecule is CNCC(O)c1ccc(OP(=O)(O)O)c(CCC(=O)OCC(=O)C2C(C=CC(C)C3(C)CCCCC3)CC3C4CCC5=CC(=O)C=CC5(C)C4C(O)CC32C(C)C)c1. The summed E-state index contributed by atoms with van der Waals surface area (Å²) in [6.07, 6.45) is 17.2. The van der Waals surface area contributed by atoms with Crippen molar-refractivity contribution in [2.24, 2.45) is 57.7 Å². The van der Waals surface area contributed by atoms with Crippen LogP contribution in [0.15, 0.2) is 54.2 Å². The molecule has 5 aliphatic carbocycles. The van der Waals surface area contributed by atoms with Gasteiger partial charge in [0.25, 0.3) is 0 Å². The zero-order valence-corrected chi connectivity index (χ0v) is 36.1. The summed E-state index contributed by atoms with van der Waals surface area (Å²) >= 11 is 0. The molecule has 58 heavy (non-hydrogen) atoms. The Morgan fingerprint density at radius 3 is 2.50 bits per heavy atom. The number of aliphatic hydroxyl groups is 2. The number of carbonyl (C=O) groups is 3. The molecule has 0 spiro atoms. The minimum Gasteiger partial charge on any atom is -0.458 e. The van der Waals surface area contributed by atoms with E-state index in [0.29, 0.717) is 23.5 Å². The fourth-order valence-corrected chi connectivity index (χ4v) is 12.7. The third-order valence-electron chi connectivity index (χ3n) is 15.4. The highest BCUT2D eigenvalue weighted by Crippen LogP contribution is 2.69. The van der Waals surface area contributed by atoms with Crippen molar-refractivity contribution in [3.8, 4) is 5.75 Å². The number of carbonyl (C=O) groups excluding carboxylic acids is 3. The number of benzene rings is 1. The summed E-state index contributed by atoms with van der Waals surface area (Å²) in [7, 11) is -3.23. The van der Waals surface area contributed by atoms with E-state index in [1.165, 1.54) is 44.2 Å². The lowest BCUT2D eigenvalue weighted by Crippen LogP contribution is -2.59. The van der Waals surface area contributed by atoms with Crippen molar-refractivity contribution >= 4 is 25.4 Å². The fourth-order valence-electron chi connectivity index (χ4n) is 12.3. The van der Waals surface area contributed by atoms with Crippen LogP contribution in [0.3, 0.4) is 0 Å². The summed E-state index contributed by atoms with van der Waals surface area (Å²) in [5, 5.41) is 25.7. The number of allylic oxidation sites excluding steroid dienone is 6. The van der Waals surface area contributed by atoms with Gasteiger partial charge >= 0.3 is 13.8 Å². The van der Waals surface area contributed by atoms with Crippen molar-refractivity contribution in [3.05, 3.63) is 65.3 Å². The molecule has 0 bridgehead atoms. The molecule has 0 heterocycles. The smallest absolute Gasteiger partial charge is 0.458 e. The van der Waals surface area contributed by atoms with Gasteiger partial charge in [-0.05, 0) is 128 Å². The molecule has 12 heteroatoms. The van der Waals surface area contributed by atoms with Crippen molar-refractivity contribution in [2.75, 3.05) is 20.2 Å². The van der Waals surface area contributed by atoms with E-state index in [-0.39, 0.29) is 71.7 Å². The van der Waals surface area contributed by atoms with Crippen LogP contribution in [0.5, 0.6) is 5.75 Å². The number of ether oxygens (including phenoxy) is 1. The average molecular weight is 824 g/mol. The number of hydrogen-bond donors (Lipinski definition) is 5. The highest BCUT2D eigenvalue weighted by molar-refractivity contribution is 7.46. The third-order valence-corrected chi connectivity index (χ3v) is 15.9. The summed E-state index contributed by atoms with van der Waals surface area (Å²) in [5.74, 6) is -0.927. The second kappa shape index (κ2) is 17.6. The maximum Gasteiger partial charge on any atom is 0.524 e. The largest absolute Gasteiger partial charge is 0.524 e. The van der Waals surface area contributed by atoms with Crippen LogP contribution in [0.4, 0.5) is 0 Å². The Kier molecular flexibility index (Phi) is 13.5. The quantitative estimate of drug-likeness (QED) is 0.0677. The van der Waals surface area contributed by atoms with Gasteiger partial charge in [-0.2, -0.15) is 0 Å². The van der Waals surface area contributed by atoms with Gasteiger partial charge in [-0.25, -0.2) is 4.57 Å². The molecule has 5 N–H and O–H groups in total. The summed E-state index contributed by atoms with van der Waals surface area (Å²) in [6, 6.07) is 4.42. The van der Waals surface area contributed by atoms with Crippen LogP contribution in [0.25, 0.3) is 0 Å². The van der Waals surface area contributed by atoms with Crippen LogP contribution < -0.4 is 9.84 Å². The molecule has 1 aromatic carbocycles. The van der Waals surface area contributed by atoms with Crippen LogP contribution in [0.2, 0.25) is 0 Å². The molecule has 4 fully saturated rings. The highest BCUT2D eigenvalue weighted by atomic mass is 31.2. The molecule has 0 amide bonds. The number of esters is 1. The molecule has 0 aromatic heterocycles. The third kappa shape index (κ3) is 8.91. The first-order valence-corrected chi connectivity index (χ1v) is 23.1. The Morgan fingerprint density at radius 1 is 1.10 bits per heavy atom. The predicted molar refractivity (Wildman–Crippen MR) is 221 cm³/mol. The first kappa shape index (κ1) is 44.6. The zero-order chi connectivity index (χ0) is 42.2. The number of phosphoric ester groups is 1. The van der Waals surface area contributed by atoms with Gasteiger partial charge in [0.2, 0.25) is 0 Å². The molecule has 4 saturated carbocycles. The molecular formula is C46H66NO10P. The summed E-state index contributed by atoms with van der Waals surface area (Å²) in [6.45, 7) is 11.0. The molecule has 10 unspecified atom stereocenters. The van der Waals surface area contributed by atoms with Gasteiger partial charge in [0.1, 0.15) is 12.4 Å². The van der Waals surface area contributed by atoms with Crippen LogP contribution in [0, 0.1) is 57.7 Å². The van der Waals surface area contributed by atoms with E-state index < -0.39 is 49.4 Å². The van der Waals surface area contributed by atoms with Crippen LogP contribution in [0.1, 0.15) is 116 Å². The topological polar surface area (TPSA) is 180 Å². The molecular weight excluding hydrogens is 757 g/mol. The lowest BCUT2D eigenvalue weighted by atomic mass is 9.44. The number of nitrogens with one attached hydrogen (secondary N) is 1. The van der Waals surface area contributed by atoms with E-state index in [1.54, 1.807) is 25.3 Å². The van der Waals surface area contributed by atoms with Gasteiger partial charge in [0, 0.05) is 30.2 Å². The van der Waals surface area contributed by atoms with Gasteiger partial charge in [-0.1, -0.05) is 83.7 Å². The minimum absolute atomic E-state index is 0.00354. The van der Waals surface area contributed by atoms with Gasteiger partial charge in [-0.15, -0.1) is 0 Å². The summed E-state index contributed by atoms with van der Waals surface area (Å²) in [5.41, 5.74) is 1.10. The minimum atomic E-state index is -4.91. The lowest BCUT2D eigenvalue weighted by molar-refractivity contribution is -0.160. The molecule has 0 radical (unpaired) electrons. The van der Waals surface area contributed by atoms with E-state index in [2.05, 4.69) is 52.1 Å². The Hall–Kier alpha value is -2.92. The molecule has 1 aromatic rings. The summed E-state index contributed by atoms with van der Waals surface area (Å²) in [4.78, 5) is 59.6. The second-order valence-electron chi connectivity index (χ2n) is 19.0. The molecule has 11 nitrogen and oxygen atoms in total. The van der Waals surface area contributed by atoms with Crippen molar-refractivity contribution in [3.63, 3.8) is 0 Å². The molecule has 320 valence electrons. The normalized spacial score (nSPS) is 32.9. The number of Topliss-reactive ketones (excluding diaryl/α,β-unsaturated/α-hetero) is 1. The van der Waals surface area contributed by atoms with E-state index in [4.69, 9.17) is 9.26 Å². The number of likely N-dealkylation sites (N-methyl/N-ethyl adjacent to an activating group) is 1. The lowest BCUT2D eigenvalue weighted by Gasteiger charge is -2.60. The van der Waals surface area contributed by atoms with Gasteiger partial charge in [0.15, 0.2) is 11.6 Å². The standard InChI is InChI=1S/C46H66NO10P/c1-28(2)46-25-37(49)43-35(15-14-33-24-34(48)18-21-45(33,43)5)36(46)23-32(11-10-29(3)44(4)19-8-7-9-20-44)42(46)39(51)27-56-41(52)17-13-31-22-30(38(50)26-47-6)12-16-40(31)57-58(53,54)55/h10-12,16,18,21-22,24,28-29,32,35-38,42-43,47,49-50H,7-9,13-15,17,19-20,23,25-27H2,1-6H3,(H2,53,54,55). The van der Waals surface area contributed by atoms with E-state index in [1.807, 2.05) is 6.08 Å². The van der Waals surface area contributed by atoms with E-state index in [0.717, 1.165) is 24.8 Å². The number of fused-ring (bicyclic) bond motifs is 5. The Bertz CT molecular complexity index is 1840. The average Bonchev–Trinajstić information content (AvgIpc) is 3.50. The van der Waals surface area contributed by atoms with Crippen LogP contribution in [-0.2, 0) is 30.1 Å². The van der Waals surface area contributed by atoms with Gasteiger partial charge in [-0.3, -0.25) is 24.2 Å². The maximum absolute atomic E-state index is 14.8. The van der Waals surface area contributed by atoms with Gasteiger partial charge in [0.05, 0.1) is 12.2 Å². The Morgan fingerprint density at radius 2 is 1.83 bits per heavy atom. The molecule has 6 rings (SSSR count). The zero-order valence-electron chi connectivity index (χ0n) is 35.2. The van der Waals surface area contributed by atoms with Crippen LogP contribution >= 0.6 is 7.82 Å².